The quantitative estimate of drug-likeness (QED) is 0.0534. The van der Waals surface area contributed by atoms with Crippen molar-refractivity contribution in [3.8, 4) is 0 Å². The molecule has 32 heteroatoms. The molecule has 31 nitrogen and oxygen atoms in total. The number of aliphatic hydroxyl groups excluding tert-OH is 12. The summed E-state index contributed by atoms with van der Waals surface area (Å²) in [5, 5.41) is 141. The van der Waals surface area contributed by atoms with Crippen molar-refractivity contribution in [3.63, 3.8) is 0 Å². The summed E-state index contributed by atoms with van der Waals surface area (Å²) in [6.07, 6.45) is -34.2. The van der Waals surface area contributed by atoms with Crippen LogP contribution in [0.25, 0.3) is 0 Å². The van der Waals surface area contributed by atoms with Crippen molar-refractivity contribution in [1.82, 2.24) is 26.6 Å². The van der Waals surface area contributed by atoms with E-state index < -0.39 is 222 Å². The van der Waals surface area contributed by atoms with E-state index in [2.05, 4.69) is 39.2 Å². The van der Waals surface area contributed by atoms with E-state index in [4.69, 9.17) is 42.6 Å². The minimum absolute atomic E-state index is 0.423. The Morgan fingerprint density at radius 1 is 0.389 bits per heavy atom. The van der Waals surface area contributed by atoms with Crippen LogP contribution in [-0.4, -0.2) is 283 Å². The average molecular weight is 1070 g/mol. The highest BCUT2D eigenvalue weighted by Crippen LogP contribution is 2.31. The fourth-order valence-corrected chi connectivity index (χ4v) is 8.73. The maximum absolute atomic E-state index is 12.6. The van der Waals surface area contributed by atoms with E-state index in [9.17, 15) is 85.3 Å². The molecule has 0 aromatic rings. The second-order valence-corrected chi connectivity index (χ2v) is 18.1. The number of rotatable bonds is 19. The number of nitrogens with one attached hydrogen (secondary N) is 5. The third kappa shape index (κ3) is 14.6. The van der Waals surface area contributed by atoms with Crippen molar-refractivity contribution >= 4 is 42.2 Å². The molecule has 5 rings (SSSR count). The number of carbonyl (C=O) groups excluding carboxylic acids is 5. The van der Waals surface area contributed by atoms with E-state index in [0.717, 1.165) is 27.7 Å². The van der Waals surface area contributed by atoms with Crippen molar-refractivity contribution in [3.05, 3.63) is 0 Å². The summed E-state index contributed by atoms with van der Waals surface area (Å²) in [5.74, 6) is -3.95. The van der Waals surface area contributed by atoms with Gasteiger partial charge in [-0.15, -0.1) is 0 Å². The third-order valence-corrected chi connectivity index (χ3v) is 12.6. The predicted molar refractivity (Wildman–Crippen MR) is 233 cm³/mol. The fraction of sp³-hybridized carbons (Fsp3) is 0.875. The monoisotopic (exact) mass is 1070 g/mol. The van der Waals surface area contributed by atoms with Crippen LogP contribution in [0.3, 0.4) is 0 Å². The maximum Gasteiger partial charge on any atom is 0.230 e. The first-order valence-corrected chi connectivity index (χ1v) is 23.3. The number of ether oxygens (including phenoxy) is 9. The van der Waals surface area contributed by atoms with Gasteiger partial charge in [-0.25, -0.2) is 0 Å². The van der Waals surface area contributed by atoms with Crippen molar-refractivity contribution in [1.29, 1.82) is 0 Å². The Balaban J connectivity index is 1.30. The van der Waals surface area contributed by atoms with Gasteiger partial charge in [0.05, 0.1) is 38.8 Å². The van der Waals surface area contributed by atoms with Crippen LogP contribution in [0.2, 0.25) is 0 Å². The van der Waals surface area contributed by atoms with Crippen LogP contribution in [0.15, 0.2) is 0 Å². The zero-order chi connectivity index (χ0) is 53.5. The molecule has 0 spiro atoms. The molecule has 0 aromatic heterocycles. The van der Waals surface area contributed by atoms with Gasteiger partial charge in [0, 0.05) is 27.7 Å². The Labute approximate surface area is 415 Å². The Bertz CT molecular complexity index is 1820. The van der Waals surface area contributed by atoms with Gasteiger partial charge < -0.3 is 130 Å². The van der Waals surface area contributed by atoms with E-state index in [1.807, 2.05) is 0 Å². The van der Waals surface area contributed by atoms with E-state index in [0.29, 0.717) is 0 Å². The van der Waals surface area contributed by atoms with Gasteiger partial charge in [0.15, 0.2) is 31.5 Å². The van der Waals surface area contributed by atoms with Crippen LogP contribution in [-0.2, 0) is 66.6 Å². The largest absolute Gasteiger partial charge is 0.394 e. The Morgan fingerprint density at radius 2 is 0.639 bits per heavy atom. The molecule has 17 N–H and O–H groups in total. The number of hydrogen-bond donors (Lipinski definition) is 18. The zero-order valence-corrected chi connectivity index (χ0v) is 40.1. The molecule has 0 aliphatic carbocycles. The molecule has 414 valence electrons. The number of carbonyl (C=O) groups is 5. The molecule has 5 saturated heterocycles. The molecule has 25 atom stereocenters. The Morgan fingerprint density at radius 3 is 0.931 bits per heavy atom. The molecule has 0 bridgehead atoms. The number of hydrogen-bond acceptors (Lipinski definition) is 27. The summed E-state index contributed by atoms with van der Waals surface area (Å²) in [6, 6.07) is -7.44. The van der Waals surface area contributed by atoms with Crippen molar-refractivity contribution in [2.75, 3.05) is 38.8 Å². The number of amides is 5. The second kappa shape index (κ2) is 26.6. The molecular formula is C40H67N5O26S. The third-order valence-electron chi connectivity index (χ3n) is 12.4. The maximum atomic E-state index is 12.6. The SMILES string of the molecule is CC(=O)N[C@H]1[C@H](OC[C@H]2O[C@@H](OC[C@H]3O[C@@H](OC[C@H]4O[C@@H](OC[C@H]5OC(O)[C@H](NC(C)=O)[C@@H](O)[C@@H]5O)[C@H](NC(C)=O)[C@@H](O)[C@@H]4O)[C@H](NC(=O)CS)[C@@H](O)[C@@H]3O)[C@H](NC(C)=O)[C@@H](O)[C@@H]2O)O[C@H](CO)[C@@H](O)[C@@H]1O. The number of aliphatic hydroxyl groups is 12. The molecule has 1 unspecified atom stereocenters. The Kier molecular flexibility index (Phi) is 22.0. The first-order valence-electron chi connectivity index (χ1n) is 22.7. The lowest BCUT2D eigenvalue weighted by Gasteiger charge is -2.46. The van der Waals surface area contributed by atoms with Crippen molar-refractivity contribution < 1.29 is 128 Å². The smallest absolute Gasteiger partial charge is 0.230 e. The van der Waals surface area contributed by atoms with E-state index in [1.165, 1.54) is 0 Å². The summed E-state index contributed by atoms with van der Waals surface area (Å²) in [7, 11) is 0. The molecule has 0 aromatic carbocycles. The van der Waals surface area contributed by atoms with Crippen LogP contribution >= 0.6 is 12.6 Å². The van der Waals surface area contributed by atoms with Crippen molar-refractivity contribution in [2.45, 2.75) is 181 Å². The molecule has 0 saturated carbocycles. The topological polar surface area (TPSA) is 471 Å². The van der Waals surface area contributed by atoms with Gasteiger partial charge in [-0.05, 0) is 0 Å². The first-order chi connectivity index (χ1) is 33.9. The summed E-state index contributed by atoms with van der Waals surface area (Å²) >= 11 is 3.93. The molecule has 5 aliphatic rings. The molecule has 72 heavy (non-hydrogen) atoms. The summed E-state index contributed by atoms with van der Waals surface area (Å²) in [5.41, 5.74) is 0. The highest BCUT2D eigenvalue weighted by molar-refractivity contribution is 7.81. The van der Waals surface area contributed by atoms with Crippen LogP contribution < -0.4 is 26.6 Å². The molecule has 5 fully saturated rings. The van der Waals surface area contributed by atoms with Crippen LogP contribution in [0.1, 0.15) is 27.7 Å². The molecule has 0 radical (unpaired) electrons. The lowest BCUT2D eigenvalue weighted by molar-refractivity contribution is -0.324. The molecule has 5 amide bonds. The van der Waals surface area contributed by atoms with Gasteiger partial charge in [-0.3, -0.25) is 24.0 Å². The fourth-order valence-electron chi connectivity index (χ4n) is 8.64. The Hall–Kier alpha value is -3.14. The van der Waals surface area contributed by atoms with Crippen LogP contribution in [0.5, 0.6) is 0 Å². The van der Waals surface area contributed by atoms with Gasteiger partial charge in [0.2, 0.25) is 29.5 Å². The van der Waals surface area contributed by atoms with Crippen molar-refractivity contribution in [2.24, 2.45) is 0 Å². The highest BCUT2D eigenvalue weighted by atomic mass is 32.1. The minimum atomic E-state index is -1.92. The lowest BCUT2D eigenvalue weighted by Crippen LogP contribution is -2.68. The summed E-state index contributed by atoms with van der Waals surface area (Å²) in [4.78, 5) is 60.5. The summed E-state index contributed by atoms with van der Waals surface area (Å²) < 4.78 is 51.9. The summed E-state index contributed by atoms with van der Waals surface area (Å²) in [6.45, 7) is 0.713. The van der Waals surface area contributed by atoms with Gasteiger partial charge in [0.25, 0.3) is 0 Å². The first kappa shape index (κ1) is 59.7. The lowest BCUT2D eigenvalue weighted by atomic mass is 9.95. The van der Waals surface area contributed by atoms with Crippen LogP contribution in [0, 0.1) is 0 Å². The van der Waals surface area contributed by atoms with E-state index in [1.54, 1.807) is 0 Å². The van der Waals surface area contributed by atoms with E-state index in [-0.39, 0.29) is 0 Å². The van der Waals surface area contributed by atoms with Gasteiger partial charge >= 0.3 is 0 Å². The average Bonchev–Trinajstić information content (AvgIpc) is 3.32. The second-order valence-electron chi connectivity index (χ2n) is 17.8. The molecule has 5 aliphatic heterocycles. The van der Waals surface area contributed by atoms with Crippen LogP contribution in [0.4, 0.5) is 0 Å². The molecular weight excluding hydrogens is 999 g/mol. The van der Waals surface area contributed by atoms with Gasteiger partial charge in [0.1, 0.15) is 122 Å². The molecule has 5 heterocycles. The van der Waals surface area contributed by atoms with Gasteiger partial charge in [-0.1, -0.05) is 0 Å². The normalized spacial score (nSPS) is 43.5. The van der Waals surface area contributed by atoms with E-state index >= 15 is 0 Å². The predicted octanol–water partition coefficient (Wildman–Crippen LogP) is -11.3. The minimum Gasteiger partial charge on any atom is -0.394 e. The van der Waals surface area contributed by atoms with Gasteiger partial charge in [-0.2, -0.15) is 12.6 Å². The number of thiol groups is 1. The standard InChI is InChI=1S/C40H67N5O26S/c1-11(47)41-21-31(57)27(53)16(67-36(21)62)6-63-38-23(43-13(3)49)33(59)29(55)18(69-38)9-66-40-25(45-20(51)10-72)35(61)30(56)19(71-40)8-65-39-24(44-14(4)50)34(60)28(54)17(70-39)7-64-37-22(42-12(2)48)32(58)26(52)15(5-46)68-37/h15-19,21-40,46,52-62,72H,5-10H2,1-4H3,(H,41,47)(H,42,48)(H,43,49)(H,44,50)(H,45,51)/t15-,16-,17-,18-,19-,21-,22-,23-,24-,25-,26-,27-,28-,29-,30-,31-,32-,33-,34-,35-,36?,37-,38-,39-,40-/m1/s1. The zero-order valence-electron chi connectivity index (χ0n) is 39.2. The highest BCUT2D eigenvalue weighted by Gasteiger charge is 2.53.